The van der Waals surface area contributed by atoms with Gasteiger partial charge in [0.2, 0.25) is 0 Å². The number of ether oxygens (including phenoxy) is 1. The van der Waals surface area contributed by atoms with Crippen LogP contribution in [0.15, 0.2) is 34.8 Å². The number of benzene rings is 1. The third kappa shape index (κ3) is 2.80. The molecule has 0 atom stereocenters. The van der Waals surface area contributed by atoms with Crippen LogP contribution in [-0.4, -0.2) is 17.1 Å². The lowest BCUT2D eigenvalue weighted by atomic mass is 10.2. The number of rotatable bonds is 3. The van der Waals surface area contributed by atoms with Gasteiger partial charge in [0.1, 0.15) is 10.5 Å². The largest absolute Gasteiger partial charge is 0.378 e. The van der Waals surface area contributed by atoms with Crippen molar-refractivity contribution in [2.45, 2.75) is 6.61 Å². The minimum atomic E-state index is 0.465. The van der Waals surface area contributed by atoms with Gasteiger partial charge in [-0.2, -0.15) is 0 Å². The van der Waals surface area contributed by atoms with Crippen LogP contribution in [0.4, 0.5) is 0 Å². The van der Waals surface area contributed by atoms with Gasteiger partial charge < -0.3 is 9.72 Å². The number of H-pyrrole nitrogens is 1. The molecule has 17 heavy (non-hydrogen) atoms. The fraction of sp³-hybridized carbons (Fsp3) is 0.167. The van der Waals surface area contributed by atoms with Crippen molar-refractivity contribution in [3.8, 4) is 11.4 Å². The van der Waals surface area contributed by atoms with Gasteiger partial charge in [0.15, 0.2) is 0 Å². The molecule has 3 nitrogen and oxygen atoms in total. The number of nitrogens with one attached hydrogen (secondary N) is 1. The minimum absolute atomic E-state index is 0.465. The van der Waals surface area contributed by atoms with Crippen molar-refractivity contribution in [1.29, 1.82) is 0 Å². The van der Waals surface area contributed by atoms with E-state index in [1.165, 1.54) is 0 Å². The van der Waals surface area contributed by atoms with Crippen molar-refractivity contribution in [3.05, 3.63) is 45.1 Å². The van der Waals surface area contributed by atoms with E-state index in [-0.39, 0.29) is 0 Å². The van der Waals surface area contributed by atoms with Crippen LogP contribution in [0.25, 0.3) is 11.4 Å². The Morgan fingerprint density at radius 3 is 2.71 bits per heavy atom. The monoisotopic (exact) mass is 310 g/mol. The third-order valence-electron chi connectivity index (χ3n) is 2.27. The summed E-state index contributed by atoms with van der Waals surface area (Å²) >= 11 is 8.62. The number of aromatic nitrogens is 2. The van der Waals surface area contributed by atoms with Crippen LogP contribution in [0.3, 0.4) is 0 Å². The van der Waals surface area contributed by atoms with E-state index >= 15 is 0 Å². The Morgan fingerprint density at radius 2 is 2.06 bits per heavy atom. The second-order valence-corrected chi connectivity index (χ2v) is 4.66. The van der Waals surface area contributed by atoms with Crippen LogP contribution in [0.2, 0.25) is 0 Å². The summed E-state index contributed by atoms with van der Waals surface area (Å²) in [5.41, 5.74) is 1.90. The molecule has 1 heterocycles. The zero-order chi connectivity index (χ0) is 12.3. The second-order valence-electron chi connectivity index (χ2n) is 3.48. The Labute approximate surface area is 113 Å². The lowest BCUT2D eigenvalue weighted by Gasteiger charge is -2.07. The summed E-state index contributed by atoms with van der Waals surface area (Å²) in [6.45, 7) is 0.465. The fourth-order valence-electron chi connectivity index (χ4n) is 1.48. The SMILES string of the molecule is COCc1[nH]c(-c2ccccc2)nc(=S)c1Br. The van der Waals surface area contributed by atoms with Crippen molar-refractivity contribution in [2.75, 3.05) is 7.11 Å². The van der Waals surface area contributed by atoms with Crippen LogP contribution in [0.1, 0.15) is 5.69 Å². The Balaban J connectivity index is 2.53. The number of halogens is 1. The van der Waals surface area contributed by atoms with E-state index in [4.69, 9.17) is 17.0 Å². The van der Waals surface area contributed by atoms with Gasteiger partial charge in [0.05, 0.1) is 16.8 Å². The maximum absolute atomic E-state index is 5.21. The highest BCUT2D eigenvalue weighted by Gasteiger charge is 2.07. The lowest BCUT2D eigenvalue weighted by Crippen LogP contribution is -1.99. The van der Waals surface area contributed by atoms with Gasteiger partial charge in [-0.25, -0.2) is 4.98 Å². The highest BCUT2D eigenvalue weighted by atomic mass is 79.9. The quantitative estimate of drug-likeness (QED) is 0.878. The maximum Gasteiger partial charge on any atom is 0.144 e. The molecule has 1 aromatic heterocycles. The summed E-state index contributed by atoms with van der Waals surface area (Å²) in [6, 6.07) is 9.86. The zero-order valence-electron chi connectivity index (χ0n) is 9.24. The van der Waals surface area contributed by atoms with E-state index < -0.39 is 0 Å². The number of methoxy groups -OCH3 is 1. The molecule has 88 valence electrons. The van der Waals surface area contributed by atoms with Gasteiger partial charge in [-0.05, 0) is 15.9 Å². The normalized spacial score (nSPS) is 10.5. The summed E-state index contributed by atoms with van der Waals surface area (Å²) in [6.07, 6.45) is 0. The lowest BCUT2D eigenvalue weighted by molar-refractivity contribution is 0.181. The van der Waals surface area contributed by atoms with E-state index in [0.717, 1.165) is 21.6 Å². The third-order valence-corrected chi connectivity index (χ3v) is 3.68. The minimum Gasteiger partial charge on any atom is -0.378 e. The predicted molar refractivity (Wildman–Crippen MR) is 73.3 cm³/mol. The van der Waals surface area contributed by atoms with Gasteiger partial charge in [0.25, 0.3) is 0 Å². The smallest absolute Gasteiger partial charge is 0.144 e. The molecular formula is C12H11BrN2OS. The molecule has 0 aliphatic rings. The first kappa shape index (κ1) is 12.4. The molecule has 0 amide bonds. The van der Waals surface area contributed by atoms with Crippen LogP contribution in [-0.2, 0) is 11.3 Å². The van der Waals surface area contributed by atoms with E-state index in [2.05, 4.69) is 25.9 Å². The van der Waals surface area contributed by atoms with Gasteiger partial charge >= 0.3 is 0 Å². The molecule has 0 fully saturated rings. The van der Waals surface area contributed by atoms with Crippen molar-refractivity contribution < 1.29 is 4.74 Å². The molecule has 0 bridgehead atoms. The predicted octanol–water partition coefficient (Wildman–Crippen LogP) is 3.72. The van der Waals surface area contributed by atoms with Gasteiger partial charge in [-0.15, -0.1) is 0 Å². The standard InChI is InChI=1S/C12H11BrN2OS/c1-16-7-9-10(13)12(17)15-11(14-9)8-5-3-2-4-6-8/h2-6H,7H2,1H3,(H,14,15,17). The van der Waals surface area contributed by atoms with Crippen molar-refractivity contribution in [3.63, 3.8) is 0 Å². The molecule has 1 aromatic carbocycles. The van der Waals surface area contributed by atoms with Crippen LogP contribution in [0.5, 0.6) is 0 Å². The van der Waals surface area contributed by atoms with Crippen LogP contribution in [0, 0.1) is 4.64 Å². The molecule has 5 heteroatoms. The Hall–Kier alpha value is -1.04. The molecule has 2 rings (SSSR count). The number of hydrogen-bond donors (Lipinski definition) is 1. The molecule has 0 radical (unpaired) electrons. The maximum atomic E-state index is 5.21. The van der Waals surface area contributed by atoms with Crippen LogP contribution < -0.4 is 0 Å². The Morgan fingerprint density at radius 1 is 1.35 bits per heavy atom. The zero-order valence-corrected chi connectivity index (χ0v) is 11.6. The highest BCUT2D eigenvalue weighted by Crippen LogP contribution is 2.21. The van der Waals surface area contributed by atoms with Crippen molar-refractivity contribution in [1.82, 2.24) is 9.97 Å². The molecule has 0 saturated carbocycles. The summed E-state index contributed by atoms with van der Waals surface area (Å²) in [4.78, 5) is 7.56. The van der Waals surface area contributed by atoms with Gasteiger partial charge in [0, 0.05) is 12.7 Å². The molecule has 1 N–H and O–H groups in total. The molecular weight excluding hydrogens is 300 g/mol. The van der Waals surface area contributed by atoms with E-state index in [9.17, 15) is 0 Å². The second kappa shape index (κ2) is 5.53. The van der Waals surface area contributed by atoms with Crippen molar-refractivity contribution in [2.24, 2.45) is 0 Å². The molecule has 0 unspecified atom stereocenters. The first-order valence-corrected chi connectivity index (χ1v) is 6.25. The van der Waals surface area contributed by atoms with E-state index in [1.807, 2.05) is 30.3 Å². The molecule has 2 aromatic rings. The molecule has 0 aliphatic heterocycles. The summed E-state index contributed by atoms with van der Waals surface area (Å²) in [5, 5.41) is 0. The summed E-state index contributed by atoms with van der Waals surface area (Å²) in [7, 11) is 1.64. The Kier molecular flexibility index (Phi) is 4.04. The van der Waals surface area contributed by atoms with E-state index in [0.29, 0.717) is 11.2 Å². The Bertz CT molecular complexity index is 568. The van der Waals surface area contributed by atoms with Gasteiger partial charge in [-0.1, -0.05) is 42.5 Å². The molecule has 0 spiro atoms. The first-order valence-electron chi connectivity index (χ1n) is 5.05. The summed E-state index contributed by atoms with van der Waals surface area (Å²) < 4.78 is 6.44. The van der Waals surface area contributed by atoms with Crippen LogP contribution >= 0.6 is 28.1 Å². The number of aromatic amines is 1. The number of hydrogen-bond acceptors (Lipinski definition) is 3. The number of nitrogens with zero attached hydrogens (tertiary/aromatic N) is 1. The highest BCUT2D eigenvalue weighted by molar-refractivity contribution is 9.10. The molecule has 0 aliphatic carbocycles. The van der Waals surface area contributed by atoms with E-state index in [1.54, 1.807) is 7.11 Å². The molecule has 0 saturated heterocycles. The fourth-order valence-corrected chi connectivity index (χ4v) is 2.00. The topological polar surface area (TPSA) is 37.9 Å². The average Bonchev–Trinajstić information content (AvgIpc) is 2.36. The average molecular weight is 311 g/mol. The first-order chi connectivity index (χ1) is 8.22. The van der Waals surface area contributed by atoms with Gasteiger partial charge in [-0.3, -0.25) is 0 Å². The van der Waals surface area contributed by atoms with Crippen molar-refractivity contribution >= 4 is 28.1 Å². The summed E-state index contributed by atoms with van der Waals surface area (Å²) in [5.74, 6) is 0.755.